The van der Waals surface area contributed by atoms with Crippen LogP contribution in [0.4, 0.5) is 0 Å². The number of carbonyl (C=O) groups is 1. The number of nitrogens with one attached hydrogen (secondary N) is 1. The largest absolute Gasteiger partial charge is 0.497 e. The van der Waals surface area contributed by atoms with Gasteiger partial charge in [-0.15, -0.1) is 0 Å². The van der Waals surface area contributed by atoms with E-state index in [1.165, 1.54) is 22.2 Å². The molecule has 1 saturated heterocycles. The van der Waals surface area contributed by atoms with Crippen LogP contribution in [0.1, 0.15) is 34.6 Å². The predicted octanol–water partition coefficient (Wildman–Crippen LogP) is 3.13. The van der Waals surface area contributed by atoms with Crippen molar-refractivity contribution in [2.75, 3.05) is 33.8 Å². The maximum Gasteiger partial charge on any atom is 0.270 e. The van der Waals surface area contributed by atoms with Gasteiger partial charge in [-0.3, -0.25) is 9.69 Å². The smallest absolute Gasteiger partial charge is 0.270 e. The molecule has 152 valence electrons. The first-order valence-electron chi connectivity index (χ1n) is 10.3. The van der Waals surface area contributed by atoms with Crippen LogP contribution in [0.25, 0.3) is 10.9 Å². The molecule has 1 aromatic carbocycles. The molecule has 2 aliphatic heterocycles. The molecule has 2 aliphatic rings. The molecule has 1 spiro atoms. The highest BCUT2D eigenvalue weighted by molar-refractivity contribution is 5.93. The number of rotatable bonds is 2. The summed E-state index contributed by atoms with van der Waals surface area (Å²) in [7, 11) is 5.87. The average Bonchev–Trinajstić information content (AvgIpc) is 3.34. The molecule has 0 bridgehead atoms. The van der Waals surface area contributed by atoms with Gasteiger partial charge >= 0.3 is 0 Å². The highest BCUT2D eigenvalue weighted by Gasteiger charge is 2.45. The lowest BCUT2D eigenvalue weighted by Crippen LogP contribution is -2.55. The molecule has 6 nitrogen and oxygen atoms in total. The van der Waals surface area contributed by atoms with Gasteiger partial charge in [0.25, 0.3) is 5.91 Å². The van der Waals surface area contributed by atoms with E-state index in [0.29, 0.717) is 0 Å². The van der Waals surface area contributed by atoms with Crippen molar-refractivity contribution in [2.45, 2.75) is 24.8 Å². The molecule has 1 N–H and O–H groups in total. The van der Waals surface area contributed by atoms with Crippen LogP contribution in [0.5, 0.6) is 5.75 Å². The van der Waals surface area contributed by atoms with Gasteiger partial charge in [0.15, 0.2) is 0 Å². The fourth-order valence-corrected chi connectivity index (χ4v) is 5.25. The van der Waals surface area contributed by atoms with Crippen molar-refractivity contribution < 1.29 is 9.53 Å². The number of likely N-dealkylation sites (N-methyl/N-ethyl adjacent to an activating group) is 1. The summed E-state index contributed by atoms with van der Waals surface area (Å²) in [5.41, 5.74) is 4.65. The zero-order valence-corrected chi connectivity index (χ0v) is 17.4. The molecule has 4 heterocycles. The average molecular weight is 393 g/mol. The van der Waals surface area contributed by atoms with Crippen molar-refractivity contribution in [1.82, 2.24) is 19.4 Å². The number of ether oxygens (including phenoxy) is 1. The van der Waals surface area contributed by atoms with E-state index in [-0.39, 0.29) is 11.4 Å². The molecule has 1 fully saturated rings. The summed E-state index contributed by atoms with van der Waals surface area (Å²) >= 11 is 0. The number of piperidine rings is 1. The van der Waals surface area contributed by atoms with E-state index in [1.54, 1.807) is 7.11 Å². The Morgan fingerprint density at radius 3 is 2.62 bits per heavy atom. The van der Waals surface area contributed by atoms with E-state index in [0.717, 1.165) is 50.3 Å². The third-order valence-electron chi connectivity index (χ3n) is 7.05. The zero-order valence-electron chi connectivity index (χ0n) is 17.4. The van der Waals surface area contributed by atoms with Crippen molar-refractivity contribution in [3.8, 4) is 5.75 Å². The van der Waals surface area contributed by atoms with Gasteiger partial charge in [-0.25, -0.2) is 0 Å². The van der Waals surface area contributed by atoms with Crippen LogP contribution in [0.3, 0.4) is 0 Å². The summed E-state index contributed by atoms with van der Waals surface area (Å²) in [6.45, 7) is 2.57. The van der Waals surface area contributed by atoms with Crippen LogP contribution in [0, 0.1) is 0 Å². The van der Waals surface area contributed by atoms with Gasteiger partial charge in [0.2, 0.25) is 0 Å². The van der Waals surface area contributed by atoms with Crippen molar-refractivity contribution in [1.29, 1.82) is 0 Å². The molecule has 1 amide bonds. The Morgan fingerprint density at radius 2 is 1.93 bits per heavy atom. The standard InChI is InChI=1S/C23H28N4O2/c1-25-11-4-5-20(25)22(28)27-13-9-23(10-14-27)21-17(8-12-26(23)2)18-15-16(29-3)6-7-19(18)24-21/h4-7,11,15,24H,8-10,12-14H2,1-3H3. The van der Waals surface area contributed by atoms with Crippen molar-refractivity contribution in [2.24, 2.45) is 7.05 Å². The number of aryl methyl sites for hydroxylation is 1. The molecule has 0 radical (unpaired) electrons. The minimum atomic E-state index is -0.0369. The Morgan fingerprint density at radius 1 is 1.14 bits per heavy atom. The summed E-state index contributed by atoms with van der Waals surface area (Å²) in [5.74, 6) is 1.03. The number of likely N-dealkylation sites (tertiary alicyclic amines) is 1. The number of aromatic amines is 1. The summed E-state index contributed by atoms with van der Waals surface area (Å²) in [6, 6.07) is 10.1. The molecular weight excluding hydrogens is 364 g/mol. The summed E-state index contributed by atoms with van der Waals surface area (Å²) < 4.78 is 7.36. The van der Waals surface area contributed by atoms with Gasteiger partial charge in [0.05, 0.1) is 12.6 Å². The number of nitrogens with zero attached hydrogens (tertiary/aromatic N) is 3. The third-order valence-corrected chi connectivity index (χ3v) is 7.05. The molecule has 0 saturated carbocycles. The Bertz CT molecular complexity index is 1070. The van der Waals surface area contributed by atoms with Gasteiger partial charge in [0.1, 0.15) is 11.4 Å². The van der Waals surface area contributed by atoms with E-state index < -0.39 is 0 Å². The molecule has 3 aromatic rings. The zero-order chi connectivity index (χ0) is 20.2. The number of methoxy groups -OCH3 is 1. The molecule has 0 unspecified atom stereocenters. The monoisotopic (exact) mass is 392 g/mol. The van der Waals surface area contributed by atoms with Gasteiger partial charge in [-0.2, -0.15) is 0 Å². The SMILES string of the molecule is COc1ccc2[nH]c3c(c2c1)CCN(C)C31CCN(C(=O)c2cccn2C)CC1. The summed E-state index contributed by atoms with van der Waals surface area (Å²) in [5, 5.41) is 1.27. The maximum absolute atomic E-state index is 13.0. The van der Waals surface area contributed by atoms with Crippen LogP contribution in [-0.4, -0.2) is 59.0 Å². The van der Waals surface area contributed by atoms with Gasteiger partial charge in [0, 0.05) is 49.5 Å². The highest BCUT2D eigenvalue weighted by atomic mass is 16.5. The summed E-state index contributed by atoms with van der Waals surface area (Å²) in [6.07, 6.45) is 4.85. The van der Waals surface area contributed by atoms with Crippen LogP contribution >= 0.6 is 0 Å². The number of fused-ring (bicyclic) bond motifs is 4. The maximum atomic E-state index is 13.0. The topological polar surface area (TPSA) is 53.5 Å². The first-order chi connectivity index (χ1) is 14.0. The number of amides is 1. The number of aromatic nitrogens is 2. The molecule has 29 heavy (non-hydrogen) atoms. The van der Waals surface area contributed by atoms with Gasteiger partial charge in [-0.05, 0) is 62.2 Å². The number of hydrogen-bond acceptors (Lipinski definition) is 3. The van der Waals surface area contributed by atoms with Crippen molar-refractivity contribution >= 4 is 16.8 Å². The van der Waals surface area contributed by atoms with Crippen molar-refractivity contribution in [3.63, 3.8) is 0 Å². The quantitative estimate of drug-likeness (QED) is 0.729. The number of benzene rings is 1. The van der Waals surface area contributed by atoms with Gasteiger partial charge in [-0.1, -0.05) is 0 Å². The fraction of sp³-hybridized carbons (Fsp3) is 0.435. The minimum absolute atomic E-state index is 0.0369. The number of H-pyrrole nitrogens is 1. The van der Waals surface area contributed by atoms with Crippen LogP contribution < -0.4 is 4.74 Å². The molecular formula is C23H28N4O2. The Balaban J connectivity index is 1.47. The second-order valence-corrected chi connectivity index (χ2v) is 8.39. The molecule has 0 aliphatic carbocycles. The highest BCUT2D eigenvalue weighted by Crippen LogP contribution is 2.45. The summed E-state index contributed by atoms with van der Waals surface area (Å²) in [4.78, 5) is 21.2. The van der Waals surface area contributed by atoms with E-state index >= 15 is 0 Å². The molecule has 5 rings (SSSR count). The van der Waals surface area contributed by atoms with Crippen LogP contribution in [-0.2, 0) is 19.0 Å². The van der Waals surface area contributed by atoms with Crippen molar-refractivity contribution in [3.05, 3.63) is 53.5 Å². The molecule has 2 aromatic heterocycles. The Labute approximate surface area is 171 Å². The van der Waals surface area contributed by atoms with E-state index in [4.69, 9.17) is 4.74 Å². The lowest BCUT2D eigenvalue weighted by molar-refractivity contribution is 0.0227. The second kappa shape index (κ2) is 6.66. The first-order valence-corrected chi connectivity index (χ1v) is 10.3. The third kappa shape index (κ3) is 2.69. The van der Waals surface area contributed by atoms with Gasteiger partial charge < -0.3 is 19.2 Å². The first kappa shape index (κ1) is 18.3. The fourth-order valence-electron chi connectivity index (χ4n) is 5.25. The molecule has 6 heteroatoms. The Hall–Kier alpha value is -2.73. The van der Waals surface area contributed by atoms with Crippen LogP contribution in [0.2, 0.25) is 0 Å². The van der Waals surface area contributed by atoms with E-state index in [2.05, 4.69) is 29.1 Å². The molecule has 0 atom stereocenters. The number of hydrogen-bond donors (Lipinski definition) is 1. The lowest BCUT2D eigenvalue weighted by Gasteiger charge is -2.49. The minimum Gasteiger partial charge on any atom is -0.497 e. The van der Waals surface area contributed by atoms with E-state index in [9.17, 15) is 4.79 Å². The number of carbonyl (C=O) groups excluding carboxylic acids is 1. The van der Waals surface area contributed by atoms with E-state index in [1.807, 2.05) is 40.9 Å². The second-order valence-electron chi connectivity index (χ2n) is 8.39. The Kier molecular flexibility index (Phi) is 4.21. The normalized spacial score (nSPS) is 18.9. The lowest BCUT2D eigenvalue weighted by atomic mass is 9.78. The predicted molar refractivity (Wildman–Crippen MR) is 113 cm³/mol. The van der Waals surface area contributed by atoms with Crippen LogP contribution in [0.15, 0.2) is 36.5 Å².